The second kappa shape index (κ2) is 17.5. The lowest BCUT2D eigenvalue weighted by atomic mass is 10.1. The minimum absolute atomic E-state index is 0. The first-order valence-corrected chi connectivity index (χ1v) is 11.2. The van der Waals surface area contributed by atoms with Crippen LogP contribution in [0.25, 0.3) is 0 Å². The molecule has 6 N–H and O–H groups in total. The Morgan fingerprint density at radius 2 is 1.10 bits per heavy atom. The van der Waals surface area contributed by atoms with Crippen LogP contribution in [0.4, 0.5) is 17.1 Å². The molecule has 0 saturated carbocycles. The highest BCUT2D eigenvalue weighted by atomic mass is 16.6. The van der Waals surface area contributed by atoms with Gasteiger partial charge in [-0.15, -0.1) is 0 Å². The summed E-state index contributed by atoms with van der Waals surface area (Å²) in [6, 6.07) is 14.7. The molecule has 3 aromatic carbocycles. The van der Waals surface area contributed by atoms with E-state index < -0.39 is 22.8 Å². The molecular formula is C28H37N3O9. The summed E-state index contributed by atoms with van der Waals surface area (Å²) in [5, 5.41) is 43.7. The topological polar surface area (TPSA) is 205 Å². The van der Waals surface area contributed by atoms with Gasteiger partial charge in [-0.1, -0.05) is 43.8 Å². The molecule has 0 radical (unpaired) electrons. The summed E-state index contributed by atoms with van der Waals surface area (Å²) < 4.78 is 0. The molecule has 0 aliphatic heterocycles. The number of hydrogen-bond donors (Lipinski definition) is 5. The molecule has 12 heteroatoms. The number of aryl methyl sites for hydroxylation is 3. The van der Waals surface area contributed by atoms with Crippen LogP contribution in [0.5, 0.6) is 0 Å². The van der Waals surface area contributed by atoms with Crippen LogP contribution in [0.2, 0.25) is 0 Å². The third-order valence-electron chi connectivity index (χ3n) is 5.13. The smallest absolute Gasteiger partial charge is 0.343 e. The normalized spacial score (nSPS) is 9.07. The van der Waals surface area contributed by atoms with Gasteiger partial charge in [0.05, 0.1) is 21.7 Å². The van der Waals surface area contributed by atoms with E-state index in [4.69, 9.17) is 26.2 Å². The zero-order chi connectivity index (χ0) is 30.4. The Balaban J connectivity index is 0. The lowest BCUT2D eigenvalue weighted by Gasteiger charge is -2.16. The molecule has 0 atom stereocenters. The Kier molecular flexibility index (Phi) is 16.3. The van der Waals surface area contributed by atoms with E-state index in [-0.39, 0.29) is 24.2 Å². The van der Waals surface area contributed by atoms with Gasteiger partial charge < -0.3 is 31.1 Å². The second-order valence-corrected chi connectivity index (χ2v) is 8.04. The predicted molar refractivity (Wildman–Crippen MR) is 155 cm³/mol. The Morgan fingerprint density at radius 1 is 0.725 bits per heavy atom. The number of nitro benzene ring substituents is 1. The maximum absolute atomic E-state index is 10.9. The average molecular weight is 560 g/mol. The van der Waals surface area contributed by atoms with Crippen LogP contribution >= 0.6 is 0 Å². The van der Waals surface area contributed by atoms with Crippen LogP contribution in [0.3, 0.4) is 0 Å². The van der Waals surface area contributed by atoms with Crippen molar-refractivity contribution in [3.63, 3.8) is 0 Å². The Hall–Kier alpha value is -4.97. The number of nitro groups is 1. The van der Waals surface area contributed by atoms with E-state index >= 15 is 0 Å². The fraction of sp³-hybridized carbons (Fsp3) is 0.250. The molecule has 0 aromatic heterocycles. The van der Waals surface area contributed by atoms with Gasteiger partial charge in [-0.05, 0) is 49.6 Å². The number of nitrogens with two attached hydrogens (primary N) is 1. The van der Waals surface area contributed by atoms with E-state index in [9.17, 15) is 24.5 Å². The first-order valence-electron chi connectivity index (χ1n) is 11.2. The molecule has 12 nitrogen and oxygen atoms in total. The fourth-order valence-electron chi connectivity index (χ4n) is 3.37. The maximum atomic E-state index is 10.9. The number of aliphatic hydroxyl groups excluding tert-OH is 1. The van der Waals surface area contributed by atoms with Gasteiger partial charge in [0.2, 0.25) is 0 Å². The van der Waals surface area contributed by atoms with E-state index in [1.807, 2.05) is 20.2 Å². The third kappa shape index (κ3) is 10.4. The van der Waals surface area contributed by atoms with Crippen molar-refractivity contribution < 1.29 is 39.7 Å². The number of aliphatic hydroxyl groups is 1. The number of nitrogens with zero attached hydrogens (tertiary/aromatic N) is 2. The molecule has 40 heavy (non-hydrogen) atoms. The average Bonchev–Trinajstić information content (AvgIpc) is 2.85. The Bertz CT molecular complexity index is 1300. The number of carboxylic acid groups (broad SMARTS) is 3. The van der Waals surface area contributed by atoms with Gasteiger partial charge >= 0.3 is 17.9 Å². The summed E-state index contributed by atoms with van der Waals surface area (Å²) in [6.45, 7) is 5.05. The number of anilines is 2. The first kappa shape index (κ1) is 37.2. The minimum atomic E-state index is -1.27. The van der Waals surface area contributed by atoms with Crippen molar-refractivity contribution in [2.45, 2.75) is 28.2 Å². The van der Waals surface area contributed by atoms with Gasteiger partial charge in [0, 0.05) is 33.0 Å². The number of nitrogen functional groups attached to an aromatic ring is 1. The zero-order valence-electron chi connectivity index (χ0n) is 22.5. The van der Waals surface area contributed by atoms with Gasteiger partial charge in [-0.3, -0.25) is 10.1 Å². The van der Waals surface area contributed by atoms with Gasteiger partial charge in [0.1, 0.15) is 5.56 Å². The van der Waals surface area contributed by atoms with E-state index in [2.05, 4.69) is 0 Å². The standard InChI is InChI=1S/C10H13NO2.C8H7NO4.C8H9NO2.CH4O.CH4/c1-7-5-4-6-8(11(2)3)9(7)10(12)13;1-5-3-2-4-6(9(12)13)7(5)8(10)11;1-5-3-2-4-6(9)7(5)8(10)11;1-2;/h4-6H,1-3H3,(H,12,13);2-4H,1H3,(H,10,11);2-4H,9H2,1H3,(H,10,11);2H,1H3;1H4. The van der Waals surface area contributed by atoms with Crippen molar-refractivity contribution in [1.82, 2.24) is 0 Å². The van der Waals surface area contributed by atoms with Crippen LogP contribution in [0, 0.1) is 30.9 Å². The van der Waals surface area contributed by atoms with Crippen molar-refractivity contribution in [3.8, 4) is 0 Å². The van der Waals surface area contributed by atoms with E-state index in [1.54, 1.807) is 49.1 Å². The Morgan fingerprint density at radius 3 is 1.40 bits per heavy atom. The molecule has 0 bridgehead atoms. The van der Waals surface area contributed by atoms with E-state index in [0.29, 0.717) is 22.4 Å². The number of benzene rings is 3. The highest BCUT2D eigenvalue weighted by Gasteiger charge is 2.21. The van der Waals surface area contributed by atoms with Gasteiger partial charge in [0.15, 0.2) is 0 Å². The predicted octanol–water partition coefficient (Wildman–Crippen LogP) is 4.88. The van der Waals surface area contributed by atoms with E-state index in [0.717, 1.165) is 18.4 Å². The fourth-order valence-corrected chi connectivity index (χ4v) is 3.37. The quantitative estimate of drug-likeness (QED) is 0.162. The highest BCUT2D eigenvalue weighted by Crippen LogP contribution is 2.22. The lowest BCUT2D eigenvalue weighted by Crippen LogP contribution is -2.14. The van der Waals surface area contributed by atoms with Crippen molar-refractivity contribution in [2.75, 3.05) is 31.8 Å². The van der Waals surface area contributed by atoms with Crippen molar-refractivity contribution in [2.24, 2.45) is 0 Å². The van der Waals surface area contributed by atoms with Crippen molar-refractivity contribution >= 4 is 35.0 Å². The molecule has 0 amide bonds. The summed E-state index contributed by atoms with van der Waals surface area (Å²) in [6.07, 6.45) is 0. The third-order valence-corrected chi connectivity index (χ3v) is 5.13. The molecule has 0 heterocycles. The van der Waals surface area contributed by atoms with Crippen molar-refractivity contribution in [1.29, 1.82) is 0 Å². The molecular weight excluding hydrogens is 522 g/mol. The van der Waals surface area contributed by atoms with E-state index in [1.165, 1.54) is 25.1 Å². The van der Waals surface area contributed by atoms with Crippen LogP contribution in [-0.4, -0.2) is 64.5 Å². The SMILES string of the molecule is C.CO.Cc1cccc(N(C)C)c1C(=O)O.Cc1cccc(N)c1C(=O)O.Cc1cccc([N+](=O)[O-])c1C(=O)O. The molecule has 0 aliphatic rings. The molecule has 0 unspecified atom stereocenters. The van der Waals surface area contributed by atoms with Crippen LogP contribution in [-0.2, 0) is 0 Å². The first-order chi connectivity index (χ1) is 18.2. The molecule has 0 spiro atoms. The molecule has 3 aromatic rings. The van der Waals surface area contributed by atoms with Gasteiger partial charge in [-0.25, -0.2) is 14.4 Å². The van der Waals surface area contributed by atoms with Crippen LogP contribution < -0.4 is 10.6 Å². The summed E-state index contributed by atoms with van der Waals surface area (Å²) >= 11 is 0. The van der Waals surface area contributed by atoms with Gasteiger partial charge in [0.25, 0.3) is 5.69 Å². The second-order valence-electron chi connectivity index (χ2n) is 8.04. The number of carbonyl (C=O) groups is 3. The Labute approximate surface area is 233 Å². The number of hydrogen-bond acceptors (Lipinski definition) is 8. The summed E-state index contributed by atoms with van der Waals surface area (Å²) in [5.41, 5.74) is 8.35. The van der Waals surface area contributed by atoms with Gasteiger partial charge in [-0.2, -0.15) is 0 Å². The number of carboxylic acids is 3. The molecule has 3 rings (SSSR count). The van der Waals surface area contributed by atoms with Crippen molar-refractivity contribution in [3.05, 3.63) is 98.1 Å². The van der Waals surface area contributed by atoms with Crippen LogP contribution in [0.15, 0.2) is 54.6 Å². The monoisotopic (exact) mass is 559 g/mol. The summed E-state index contributed by atoms with van der Waals surface area (Å²) in [4.78, 5) is 43.7. The maximum Gasteiger partial charge on any atom is 0.343 e. The molecule has 218 valence electrons. The number of rotatable bonds is 5. The molecule has 0 aliphatic carbocycles. The zero-order valence-corrected chi connectivity index (χ0v) is 22.5. The highest BCUT2D eigenvalue weighted by molar-refractivity contribution is 5.96. The molecule has 0 saturated heterocycles. The largest absolute Gasteiger partial charge is 0.478 e. The number of aromatic carboxylic acids is 3. The molecule has 0 fully saturated rings. The minimum Gasteiger partial charge on any atom is -0.478 e. The van der Waals surface area contributed by atoms with Crippen LogP contribution in [0.1, 0.15) is 55.2 Å². The lowest BCUT2D eigenvalue weighted by molar-refractivity contribution is -0.385. The summed E-state index contributed by atoms with van der Waals surface area (Å²) in [5.74, 6) is -3.12. The summed E-state index contributed by atoms with van der Waals surface area (Å²) in [7, 11) is 4.67.